The van der Waals surface area contributed by atoms with E-state index in [4.69, 9.17) is 0 Å². The molecule has 2 unspecified atom stereocenters. The van der Waals surface area contributed by atoms with Crippen molar-refractivity contribution in [3.05, 3.63) is 47.4 Å². The summed E-state index contributed by atoms with van der Waals surface area (Å²) in [4.78, 5) is 3.31. The molecule has 1 aliphatic heterocycles. The number of anilines is 1. The summed E-state index contributed by atoms with van der Waals surface area (Å²) >= 11 is 0. The van der Waals surface area contributed by atoms with Gasteiger partial charge in [0.2, 0.25) is 0 Å². The molecule has 0 amide bonds. The standard InChI is InChI=1S/C22H26F4N2O5S2/c1-20(2,14-6-5-7-15(23)19(14)35(4,32)33)12-21(29,22(24,25)26)11-13-10-17-16(27-13)8-9-18(28-17)34(3,30)31/h5-9,13,27,29H,10-12H2,1-4H3. The van der Waals surface area contributed by atoms with E-state index in [0.29, 0.717) is 5.69 Å². The highest BCUT2D eigenvalue weighted by atomic mass is 32.2. The molecule has 1 aliphatic rings. The number of sulfone groups is 2. The predicted octanol–water partition coefficient (Wildman–Crippen LogP) is 3.42. The molecule has 3 rings (SSSR count). The molecule has 0 bridgehead atoms. The minimum Gasteiger partial charge on any atom is -0.380 e. The molecule has 7 nitrogen and oxygen atoms in total. The molecular weight excluding hydrogens is 512 g/mol. The summed E-state index contributed by atoms with van der Waals surface area (Å²) in [6, 6.07) is 5.05. The number of halogens is 4. The maximum Gasteiger partial charge on any atom is 0.417 e. The maximum absolute atomic E-state index is 14.4. The van der Waals surface area contributed by atoms with Crippen LogP contribution in [0.1, 0.15) is 37.9 Å². The summed E-state index contributed by atoms with van der Waals surface area (Å²) in [5.41, 5.74) is -4.44. The Balaban J connectivity index is 1.95. The summed E-state index contributed by atoms with van der Waals surface area (Å²) in [7, 11) is -7.74. The summed E-state index contributed by atoms with van der Waals surface area (Å²) in [6.07, 6.45) is -5.22. The van der Waals surface area contributed by atoms with E-state index in [1.165, 1.54) is 38.1 Å². The van der Waals surface area contributed by atoms with Crippen LogP contribution in [0, 0.1) is 5.82 Å². The van der Waals surface area contributed by atoms with Crippen LogP contribution in [0.15, 0.2) is 40.3 Å². The van der Waals surface area contributed by atoms with Gasteiger partial charge in [0.25, 0.3) is 0 Å². The fraction of sp³-hybridized carbons (Fsp3) is 0.500. The number of nitrogens with one attached hydrogen (secondary N) is 1. The smallest absolute Gasteiger partial charge is 0.380 e. The van der Waals surface area contributed by atoms with E-state index in [0.717, 1.165) is 18.6 Å². The van der Waals surface area contributed by atoms with Gasteiger partial charge in [0, 0.05) is 31.4 Å². The number of benzene rings is 1. The fourth-order valence-electron chi connectivity index (χ4n) is 4.54. The Bertz CT molecular complexity index is 1360. The first-order valence-corrected chi connectivity index (χ1v) is 14.3. The Hall–Kier alpha value is -2.25. The van der Waals surface area contributed by atoms with Crippen LogP contribution in [-0.4, -0.2) is 57.3 Å². The largest absolute Gasteiger partial charge is 0.417 e. The fourth-order valence-corrected chi connectivity index (χ4v) is 6.30. The Morgan fingerprint density at radius 2 is 1.69 bits per heavy atom. The van der Waals surface area contributed by atoms with Crippen LogP contribution in [-0.2, 0) is 31.5 Å². The lowest BCUT2D eigenvalue weighted by molar-refractivity contribution is -0.270. The van der Waals surface area contributed by atoms with E-state index in [1.54, 1.807) is 0 Å². The molecule has 2 aromatic rings. The molecular formula is C22H26F4N2O5S2. The van der Waals surface area contributed by atoms with Crippen LogP contribution >= 0.6 is 0 Å². The Morgan fingerprint density at radius 3 is 2.23 bits per heavy atom. The maximum atomic E-state index is 14.4. The zero-order valence-corrected chi connectivity index (χ0v) is 21.1. The Morgan fingerprint density at radius 1 is 1.06 bits per heavy atom. The highest BCUT2D eigenvalue weighted by Gasteiger charge is 2.57. The lowest BCUT2D eigenvalue weighted by Gasteiger charge is -2.39. The van der Waals surface area contributed by atoms with Gasteiger partial charge in [-0.3, -0.25) is 0 Å². The van der Waals surface area contributed by atoms with Crippen LogP contribution in [0.5, 0.6) is 0 Å². The van der Waals surface area contributed by atoms with Crippen molar-refractivity contribution in [2.75, 3.05) is 17.8 Å². The van der Waals surface area contributed by atoms with Crippen molar-refractivity contribution in [1.82, 2.24) is 4.98 Å². The molecule has 194 valence electrons. The van der Waals surface area contributed by atoms with Gasteiger partial charge in [-0.05, 0) is 35.6 Å². The van der Waals surface area contributed by atoms with Gasteiger partial charge in [-0.25, -0.2) is 26.2 Å². The van der Waals surface area contributed by atoms with Gasteiger partial charge in [-0.2, -0.15) is 13.2 Å². The van der Waals surface area contributed by atoms with E-state index in [2.05, 4.69) is 10.3 Å². The van der Waals surface area contributed by atoms with Crippen LogP contribution in [0.2, 0.25) is 0 Å². The summed E-state index contributed by atoms with van der Waals surface area (Å²) in [5, 5.41) is 13.5. The second kappa shape index (κ2) is 8.70. The Labute approximate surface area is 201 Å². The van der Waals surface area contributed by atoms with Gasteiger partial charge in [0.15, 0.2) is 30.3 Å². The summed E-state index contributed by atoms with van der Waals surface area (Å²) in [5.74, 6) is -1.09. The van der Waals surface area contributed by atoms with Crippen molar-refractivity contribution >= 4 is 25.4 Å². The van der Waals surface area contributed by atoms with Crippen molar-refractivity contribution in [1.29, 1.82) is 0 Å². The molecule has 0 aliphatic carbocycles. The van der Waals surface area contributed by atoms with E-state index < -0.39 is 66.5 Å². The number of rotatable bonds is 7. The van der Waals surface area contributed by atoms with Gasteiger partial charge in [0.05, 0.1) is 11.4 Å². The molecule has 0 saturated carbocycles. The third kappa shape index (κ3) is 5.61. The number of hydrogen-bond acceptors (Lipinski definition) is 7. The monoisotopic (exact) mass is 538 g/mol. The number of aliphatic hydroxyl groups is 1. The van der Waals surface area contributed by atoms with Gasteiger partial charge in [-0.15, -0.1) is 0 Å². The average Bonchev–Trinajstić information content (AvgIpc) is 3.05. The summed E-state index contributed by atoms with van der Waals surface area (Å²) < 4.78 is 105. The number of nitrogens with zero attached hydrogens (tertiary/aromatic N) is 1. The molecule has 1 aromatic heterocycles. The van der Waals surface area contributed by atoms with Crippen molar-refractivity contribution in [3.8, 4) is 0 Å². The zero-order valence-electron chi connectivity index (χ0n) is 19.4. The molecule has 2 atom stereocenters. The molecule has 0 fully saturated rings. The first-order valence-electron chi connectivity index (χ1n) is 10.5. The van der Waals surface area contributed by atoms with Crippen LogP contribution in [0.4, 0.5) is 23.2 Å². The summed E-state index contributed by atoms with van der Waals surface area (Å²) in [6.45, 7) is 2.62. The lowest BCUT2D eigenvalue weighted by atomic mass is 9.73. The highest BCUT2D eigenvalue weighted by Crippen LogP contribution is 2.46. The van der Waals surface area contributed by atoms with Gasteiger partial charge >= 0.3 is 6.18 Å². The highest BCUT2D eigenvalue weighted by molar-refractivity contribution is 7.91. The van der Waals surface area contributed by atoms with Crippen LogP contribution < -0.4 is 5.32 Å². The molecule has 13 heteroatoms. The van der Waals surface area contributed by atoms with Crippen molar-refractivity contribution in [2.45, 2.75) is 66.3 Å². The molecule has 35 heavy (non-hydrogen) atoms. The quantitative estimate of drug-likeness (QED) is 0.520. The molecule has 0 radical (unpaired) electrons. The molecule has 0 spiro atoms. The molecule has 1 aromatic carbocycles. The minimum absolute atomic E-state index is 0.0634. The van der Waals surface area contributed by atoms with Crippen molar-refractivity contribution < 1.29 is 39.5 Å². The molecule has 0 saturated heterocycles. The predicted molar refractivity (Wildman–Crippen MR) is 121 cm³/mol. The van der Waals surface area contributed by atoms with E-state index in [1.807, 2.05) is 0 Å². The van der Waals surface area contributed by atoms with E-state index in [-0.39, 0.29) is 22.7 Å². The van der Waals surface area contributed by atoms with Gasteiger partial charge in [0.1, 0.15) is 10.7 Å². The first-order chi connectivity index (χ1) is 15.7. The topological polar surface area (TPSA) is 113 Å². The van der Waals surface area contributed by atoms with Crippen LogP contribution in [0.3, 0.4) is 0 Å². The average molecular weight is 539 g/mol. The molecule has 2 heterocycles. The zero-order chi connectivity index (χ0) is 26.6. The first kappa shape index (κ1) is 27.3. The van der Waals surface area contributed by atoms with Gasteiger partial charge < -0.3 is 10.4 Å². The van der Waals surface area contributed by atoms with Crippen LogP contribution in [0.25, 0.3) is 0 Å². The second-order valence-corrected chi connectivity index (χ2v) is 13.6. The Kier molecular flexibility index (Phi) is 6.79. The van der Waals surface area contributed by atoms with Crippen molar-refractivity contribution in [2.24, 2.45) is 0 Å². The van der Waals surface area contributed by atoms with Gasteiger partial charge in [-0.1, -0.05) is 26.0 Å². The number of aromatic nitrogens is 1. The molecule has 2 N–H and O–H groups in total. The van der Waals surface area contributed by atoms with E-state index >= 15 is 0 Å². The lowest BCUT2D eigenvalue weighted by Crippen LogP contribution is -2.52. The second-order valence-electron chi connectivity index (χ2n) is 9.64. The number of alkyl halides is 3. The minimum atomic E-state index is -5.11. The number of fused-ring (bicyclic) bond motifs is 1. The number of hydrogen-bond donors (Lipinski definition) is 2. The third-order valence-electron chi connectivity index (χ3n) is 6.04. The third-order valence-corrected chi connectivity index (χ3v) is 8.18. The van der Waals surface area contributed by atoms with E-state index in [9.17, 15) is 39.5 Å². The SMILES string of the molecule is CC(C)(CC(O)(CC1Cc2nc(S(C)(=O)=O)ccc2N1)C(F)(F)F)c1cccc(F)c1S(C)(=O)=O. The normalized spacial score (nSPS) is 18.6. The number of pyridine rings is 1. The van der Waals surface area contributed by atoms with Crippen molar-refractivity contribution in [3.63, 3.8) is 0 Å².